The molecule has 0 fully saturated rings. The molecule has 5 nitrogen and oxygen atoms in total. The standard InChI is InChI=1S/C14H17N3O2/c1-8-6-13(18)9(2)5-11(8)15-14(19)12-7-10(3)16-17(12)4/h5-7,18H,1-4H3,(H,15,19). The van der Waals surface area contributed by atoms with Gasteiger partial charge in [-0.15, -0.1) is 0 Å². The highest BCUT2D eigenvalue weighted by molar-refractivity contribution is 6.03. The number of aryl methyl sites for hydroxylation is 4. The quantitative estimate of drug-likeness (QED) is 0.813. The van der Waals surface area contributed by atoms with E-state index < -0.39 is 0 Å². The van der Waals surface area contributed by atoms with Crippen molar-refractivity contribution in [3.8, 4) is 5.75 Å². The van der Waals surface area contributed by atoms with E-state index >= 15 is 0 Å². The zero-order valence-corrected chi connectivity index (χ0v) is 11.5. The number of aromatic nitrogens is 2. The number of rotatable bonds is 2. The first-order valence-electron chi connectivity index (χ1n) is 6.00. The zero-order chi connectivity index (χ0) is 14.2. The third kappa shape index (κ3) is 2.59. The van der Waals surface area contributed by atoms with Crippen molar-refractivity contribution in [2.75, 3.05) is 5.32 Å². The maximum Gasteiger partial charge on any atom is 0.273 e. The summed E-state index contributed by atoms with van der Waals surface area (Å²) < 4.78 is 1.55. The number of hydrogen-bond acceptors (Lipinski definition) is 3. The maximum absolute atomic E-state index is 12.2. The van der Waals surface area contributed by atoms with E-state index in [9.17, 15) is 9.90 Å². The molecule has 1 amide bonds. The largest absolute Gasteiger partial charge is 0.508 e. The molecule has 1 aromatic heterocycles. The van der Waals surface area contributed by atoms with Crippen LogP contribution in [-0.2, 0) is 7.05 Å². The van der Waals surface area contributed by atoms with Crippen LogP contribution in [0.15, 0.2) is 18.2 Å². The summed E-state index contributed by atoms with van der Waals surface area (Å²) in [6, 6.07) is 5.13. The summed E-state index contributed by atoms with van der Waals surface area (Å²) in [6.45, 7) is 5.47. The number of carbonyl (C=O) groups excluding carboxylic acids is 1. The van der Waals surface area contributed by atoms with E-state index in [0.717, 1.165) is 16.8 Å². The Morgan fingerprint density at radius 1 is 1.21 bits per heavy atom. The van der Waals surface area contributed by atoms with Gasteiger partial charge in [0.1, 0.15) is 11.4 Å². The number of phenols is 1. The van der Waals surface area contributed by atoms with Crippen molar-refractivity contribution in [3.63, 3.8) is 0 Å². The number of benzene rings is 1. The Morgan fingerprint density at radius 3 is 2.47 bits per heavy atom. The van der Waals surface area contributed by atoms with Crippen LogP contribution in [0.4, 0.5) is 5.69 Å². The Labute approximate surface area is 111 Å². The van der Waals surface area contributed by atoms with Gasteiger partial charge in [0.05, 0.1) is 5.69 Å². The summed E-state index contributed by atoms with van der Waals surface area (Å²) in [5.74, 6) is 0.0168. The van der Waals surface area contributed by atoms with Gasteiger partial charge >= 0.3 is 0 Å². The topological polar surface area (TPSA) is 67.2 Å². The number of nitrogens with zero attached hydrogens (tertiary/aromatic N) is 2. The fourth-order valence-electron chi connectivity index (χ4n) is 1.95. The van der Waals surface area contributed by atoms with Gasteiger partial charge in [0.25, 0.3) is 5.91 Å². The van der Waals surface area contributed by atoms with E-state index in [1.165, 1.54) is 0 Å². The molecule has 2 aromatic rings. The van der Waals surface area contributed by atoms with Gasteiger partial charge in [0.2, 0.25) is 0 Å². The van der Waals surface area contributed by atoms with Crippen molar-refractivity contribution in [3.05, 3.63) is 40.7 Å². The summed E-state index contributed by atoms with van der Waals surface area (Å²) in [7, 11) is 1.73. The monoisotopic (exact) mass is 259 g/mol. The van der Waals surface area contributed by atoms with E-state index in [1.54, 1.807) is 36.9 Å². The molecule has 100 valence electrons. The van der Waals surface area contributed by atoms with Gasteiger partial charge in [0, 0.05) is 12.7 Å². The molecule has 2 N–H and O–H groups in total. The first-order chi connectivity index (χ1) is 8.88. The minimum atomic E-state index is -0.212. The smallest absolute Gasteiger partial charge is 0.273 e. The van der Waals surface area contributed by atoms with Crippen LogP contribution >= 0.6 is 0 Å². The summed E-state index contributed by atoms with van der Waals surface area (Å²) in [5, 5.41) is 16.6. The average molecular weight is 259 g/mol. The van der Waals surface area contributed by atoms with E-state index in [0.29, 0.717) is 11.4 Å². The fraction of sp³-hybridized carbons (Fsp3) is 0.286. The minimum Gasteiger partial charge on any atom is -0.508 e. The van der Waals surface area contributed by atoms with Gasteiger partial charge in [-0.2, -0.15) is 5.10 Å². The third-order valence-corrected chi connectivity index (χ3v) is 3.03. The molecule has 0 spiro atoms. The molecule has 0 atom stereocenters. The van der Waals surface area contributed by atoms with Gasteiger partial charge in [0.15, 0.2) is 0 Å². The SMILES string of the molecule is Cc1cc(C(=O)Nc2cc(C)c(O)cc2C)n(C)n1. The molecular weight excluding hydrogens is 242 g/mol. The number of nitrogens with one attached hydrogen (secondary N) is 1. The Kier molecular flexibility index (Phi) is 3.29. The van der Waals surface area contributed by atoms with Crippen LogP contribution in [0, 0.1) is 20.8 Å². The number of amides is 1. The number of hydrogen-bond donors (Lipinski definition) is 2. The second kappa shape index (κ2) is 4.76. The Morgan fingerprint density at radius 2 is 1.89 bits per heavy atom. The van der Waals surface area contributed by atoms with Crippen molar-refractivity contribution in [1.29, 1.82) is 0 Å². The molecule has 0 saturated carbocycles. The predicted molar refractivity (Wildman–Crippen MR) is 73.5 cm³/mol. The molecule has 0 radical (unpaired) electrons. The van der Waals surface area contributed by atoms with Crippen molar-refractivity contribution in [2.24, 2.45) is 7.05 Å². The molecule has 0 saturated heterocycles. The van der Waals surface area contributed by atoms with Crippen LogP contribution < -0.4 is 5.32 Å². The molecule has 1 heterocycles. The lowest BCUT2D eigenvalue weighted by Crippen LogP contribution is -2.16. The molecule has 0 unspecified atom stereocenters. The number of aromatic hydroxyl groups is 1. The van der Waals surface area contributed by atoms with Crippen LogP contribution in [0.3, 0.4) is 0 Å². The number of anilines is 1. The number of carbonyl (C=O) groups is 1. The van der Waals surface area contributed by atoms with E-state index in [-0.39, 0.29) is 11.7 Å². The van der Waals surface area contributed by atoms with Crippen LogP contribution in [0.1, 0.15) is 27.3 Å². The van der Waals surface area contributed by atoms with Crippen LogP contribution in [0.5, 0.6) is 5.75 Å². The Bertz CT molecular complexity index is 644. The lowest BCUT2D eigenvalue weighted by Gasteiger charge is -2.10. The van der Waals surface area contributed by atoms with E-state index in [1.807, 2.05) is 13.8 Å². The van der Waals surface area contributed by atoms with Crippen molar-refractivity contribution in [1.82, 2.24) is 9.78 Å². The molecule has 19 heavy (non-hydrogen) atoms. The second-order valence-corrected chi connectivity index (χ2v) is 4.70. The molecular formula is C14H17N3O2. The van der Waals surface area contributed by atoms with Gasteiger partial charge in [-0.25, -0.2) is 0 Å². The highest BCUT2D eigenvalue weighted by atomic mass is 16.3. The van der Waals surface area contributed by atoms with E-state index in [2.05, 4.69) is 10.4 Å². The van der Waals surface area contributed by atoms with Crippen LogP contribution in [-0.4, -0.2) is 20.8 Å². The first-order valence-corrected chi connectivity index (χ1v) is 6.00. The van der Waals surface area contributed by atoms with Gasteiger partial charge in [-0.3, -0.25) is 9.48 Å². The van der Waals surface area contributed by atoms with Crippen molar-refractivity contribution in [2.45, 2.75) is 20.8 Å². The first kappa shape index (κ1) is 13.1. The molecule has 1 aromatic carbocycles. The second-order valence-electron chi connectivity index (χ2n) is 4.70. The zero-order valence-electron chi connectivity index (χ0n) is 11.5. The summed E-state index contributed by atoms with van der Waals surface area (Å²) in [4.78, 5) is 12.2. The van der Waals surface area contributed by atoms with Gasteiger partial charge in [-0.05, 0) is 50.1 Å². The molecule has 0 aliphatic carbocycles. The summed E-state index contributed by atoms with van der Waals surface area (Å²) in [6.07, 6.45) is 0. The summed E-state index contributed by atoms with van der Waals surface area (Å²) in [5.41, 5.74) is 3.53. The van der Waals surface area contributed by atoms with Gasteiger partial charge < -0.3 is 10.4 Å². The van der Waals surface area contributed by atoms with Gasteiger partial charge in [-0.1, -0.05) is 0 Å². The highest BCUT2D eigenvalue weighted by Gasteiger charge is 2.13. The van der Waals surface area contributed by atoms with Crippen LogP contribution in [0.25, 0.3) is 0 Å². The molecule has 2 rings (SSSR count). The Balaban J connectivity index is 2.29. The predicted octanol–water partition coefficient (Wildman–Crippen LogP) is 2.30. The average Bonchev–Trinajstić information content (AvgIpc) is 2.65. The maximum atomic E-state index is 12.2. The molecule has 0 aliphatic rings. The fourth-order valence-corrected chi connectivity index (χ4v) is 1.95. The molecule has 0 aliphatic heterocycles. The van der Waals surface area contributed by atoms with Crippen LogP contribution in [0.2, 0.25) is 0 Å². The lowest BCUT2D eigenvalue weighted by atomic mass is 10.1. The lowest BCUT2D eigenvalue weighted by molar-refractivity contribution is 0.101. The van der Waals surface area contributed by atoms with Crippen molar-refractivity contribution < 1.29 is 9.90 Å². The number of phenolic OH excluding ortho intramolecular Hbond substituents is 1. The molecule has 0 bridgehead atoms. The third-order valence-electron chi connectivity index (χ3n) is 3.03. The molecule has 5 heteroatoms. The Hall–Kier alpha value is -2.30. The van der Waals surface area contributed by atoms with Crippen molar-refractivity contribution >= 4 is 11.6 Å². The highest BCUT2D eigenvalue weighted by Crippen LogP contribution is 2.25. The summed E-state index contributed by atoms with van der Waals surface area (Å²) >= 11 is 0. The minimum absolute atomic E-state index is 0.212. The normalized spacial score (nSPS) is 10.5. The van der Waals surface area contributed by atoms with E-state index in [4.69, 9.17) is 0 Å².